The number of aryl methyl sites for hydroxylation is 1. The average molecular weight is 446 g/mol. The number of hydrogen-bond donors (Lipinski definition) is 2. The van der Waals surface area contributed by atoms with E-state index >= 15 is 0 Å². The highest BCUT2D eigenvalue weighted by Gasteiger charge is 2.10. The van der Waals surface area contributed by atoms with Crippen LogP contribution < -0.4 is 15.4 Å². The molecule has 0 bridgehead atoms. The number of hydrogen-bond acceptors (Lipinski definition) is 4. The van der Waals surface area contributed by atoms with Gasteiger partial charge in [-0.15, -0.1) is 0 Å². The Balaban J connectivity index is 1.62. The molecule has 0 atom stereocenters. The number of rotatable bonds is 7. The van der Waals surface area contributed by atoms with E-state index in [0.29, 0.717) is 27.7 Å². The molecule has 0 spiro atoms. The number of benzene rings is 3. The Kier molecular flexibility index (Phi) is 7.63. The summed E-state index contributed by atoms with van der Waals surface area (Å²) in [6, 6.07) is 22.8. The van der Waals surface area contributed by atoms with Crippen molar-refractivity contribution in [1.82, 2.24) is 0 Å². The van der Waals surface area contributed by atoms with Crippen molar-refractivity contribution in [2.24, 2.45) is 0 Å². The molecule has 0 saturated carbocycles. The molecule has 0 aromatic heterocycles. The minimum atomic E-state index is -0.513. The van der Waals surface area contributed by atoms with Crippen LogP contribution in [0.15, 0.2) is 78.4 Å². The van der Waals surface area contributed by atoms with Gasteiger partial charge < -0.3 is 15.4 Å². The van der Waals surface area contributed by atoms with Gasteiger partial charge in [-0.2, -0.15) is 5.26 Å². The smallest absolute Gasteiger partial charge is 0.266 e. The first-order valence-electron chi connectivity index (χ1n) is 9.71. The van der Waals surface area contributed by atoms with Crippen molar-refractivity contribution in [1.29, 1.82) is 5.26 Å². The quantitative estimate of drug-likeness (QED) is 0.385. The molecule has 32 heavy (non-hydrogen) atoms. The van der Waals surface area contributed by atoms with Crippen LogP contribution in [0.1, 0.15) is 11.1 Å². The van der Waals surface area contributed by atoms with Gasteiger partial charge in [0, 0.05) is 16.4 Å². The standard InChI is InChI=1S/C25H20ClN3O3/c1-17-10-11-21(14-23(17)26)28-24(30)16-32-22-9-5-6-18(13-22)12-19(15-27)25(31)29-20-7-3-2-4-8-20/h2-14H,16H2,1H3,(H,28,30)(H,29,31)/b19-12+. The van der Waals surface area contributed by atoms with Crippen LogP contribution in [0, 0.1) is 18.3 Å². The highest BCUT2D eigenvalue weighted by atomic mass is 35.5. The van der Waals surface area contributed by atoms with Gasteiger partial charge in [0.05, 0.1) is 0 Å². The Morgan fingerprint density at radius 3 is 2.50 bits per heavy atom. The second kappa shape index (κ2) is 10.8. The zero-order valence-electron chi connectivity index (χ0n) is 17.3. The van der Waals surface area contributed by atoms with E-state index in [0.717, 1.165) is 5.56 Å². The normalized spacial score (nSPS) is 10.7. The molecule has 2 N–H and O–H groups in total. The van der Waals surface area contributed by atoms with Gasteiger partial charge in [-0.25, -0.2) is 0 Å². The molecule has 3 aromatic carbocycles. The first kappa shape index (κ1) is 22.6. The molecule has 160 valence electrons. The predicted molar refractivity (Wildman–Crippen MR) is 125 cm³/mol. The zero-order chi connectivity index (χ0) is 22.9. The van der Waals surface area contributed by atoms with Gasteiger partial charge in [-0.1, -0.05) is 48.0 Å². The van der Waals surface area contributed by atoms with Crippen LogP contribution in [0.3, 0.4) is 0 Å². The molecule has 7 heteroatoms. The van der Waals surface area contributed by atoms with Crippen LogP contribution in [0.2, 0.25) is 5.02 Å². The highest BCUT2D eigenvalue weighted by molar-refractivity contribution is 6.31. The summed E-state index contributed by atoms with van der Waals surface area (Å²) in [6.45, 7) is 1.67. The van der Waals surface area contributed by atoms with Crippen LogP contribution in [-0.2, 0) is 9.59 Å². The van der Waals surface area contributed by atoms with Crippen LogP contribution in [0.25, 0.3) is 6.08 Å². The molecule has 0 aliphatic heterocycles. The Bertz CT molecular complexity index is 1200. The number of nitrogens with zero attached hydrogens (tertiary/aromatic N) is 1. The summed E-state index contributed by atoms with van der Waals surface area (Å²) in [5.41, 5.74) is 2.62. The monoisotopic (exact) mass is 445 g/mol. The fourth-order valence-corrected chi connectivity index (χ4v) is 2.93. The molecule has 0 radical (unpaired) electrons. The van der Waals surface area contributed by atoms with E-state index in [1.807, 2.05) is 25.1 Å². The van der Waals surface area contributed by atoms with Crippen molar-refractivity contribution in [3.05, 3.63) is 94.5 Å². The molecule has 0 saturated heterocycles. The summed E-state index contributed by atoms with van der Waals surface area (Å²) in [4.78, 5) is 24.5. The van der Waals surface area contributed by atoms with E-state index < -0.39 is 5.91 Å². The maximum atomic E-state index is 12.4. The first-order valence-corrected chi connectivity index (χ1v) is 10.1. The molecule has 2 amide bonds. The van der Waals surface area contributed by atoms with Gasteiger partial charge in [-0.3, -0.25) is 9.59 Å². The summed E-state index contributed by atoms with van der Waals surface area (Å²) < 4.78 is 5.55. The van der Waals surface area contributed by atoms with Crippen molar-refractivity contribution in [2.75, 3.05) is 17.2 Å². The maximum Gasteiger partial charge on any atom is 0.266 e. The van der Waals surface area contributed by atoms with E-state index in [9.17, 15) is 14.9 Å². The summed E-state index contributed by atoms with van der Waals surface area (Å²) in [7, 11) is 0. The molecule has 0 aliphatic rings. The molecular weight excluding hydrogens is 426 g/mol. The fourth-order valence-electron chi connectivity index (χ4n) is 2.75. The average Bonchev–Trinajstić information content (AvgIpc) is 2.79. The topological polar surface area (TPSA) is 91.2 Å². The molecule has 3 rings (SSSR count). The van der Waals surface area contributed by atoms with E-state index in [-0.39, 0.29) is 18.1 Å². The Labute approximate surface area is 191 Å². The summed E-state index contributed by atoms with van der Waals surface area (Å²) in [5.74, 6) is -0.427. The number of anilines is 2. The Morgan fingerprint density at radius 1 is 1.00 bits per heavy atom. The van der Waals surface area contributed by atoms with Crippen molar-refractivity contribution >= 4 is 40.9 Å². The lowest BCUT2D eigenvalue weighted by Gasteiger charge is -2.09. The first-order chi connectivity index (χ1) is 15.4. The van der Waals surface area contributed by atoms with Gasteiger partial charge >= 0.3 is 0 Å². The van der Waals surface area contributed by atoms with E-state index in [1.54, 1.807) is 60.7 Å². The van der Waals surface area contributed by atoms with Gasteiger partial charge in [0.2, 0.25) is 0 Å². The van der Waals surface area contributed by atoms with Crippen molar-refractivity contribution < 1.29 is 14.3 Å². The molecule has 0 unspecified atom stereocenters. The number of para-hydroxylation sites is 1. The third kappa shape index (κ3) is 6.46. The molecule has 3 aromatic rings. The number of nitriles is 1. The highest BCUT2D eigenvalue weighted by Crippen LogP contribution is 2.20. The minimum absolute atomic E-state index is 0.0556. The van der Waals surface area contributed by atoms with E-state index in [2.05, 4.69) is 10.6 Å². The number of carbonyl (C=O) groups is 2. The number of halogens is 1. The lowest BCUT2D eigenvalue weighted by atomic mass is 10.1. The number of ether oxygens (including phenoxy) is 1. The van der Waals surface area contributed by atoms with Crippen molar-refractivity contribution in [3.8, 4) is 11.8 Å². The van der Waals surface area contributed by atoms with Crippen molar-refractivity contribution in [3.63, 3.8) is 0 Å². The molecule has 0 fully saturated rings. The van der Waals surface area contributed by atoms with Crippen LogP contribution in [0.5, 0.6) is 5.75 Å². The molecule has 0 heterocycles. The van der Waals surface area contributed by atoms with Crippen LogP contribution >= 0.6 is 11.6 Å². The SMILES string of the molecule is Cc1ccc(NC(=O)COc2cccc(/C=C(\C#N)C(=O)Nc3ccccc3)c2)cc1Cl. The maximum absolute atomic E-state index is 12.4. The lowest BCUT2D eigenvalue weighted by molar-refractivity contribution is -0.118. The van der Waals surface area contributed by atoms with E-state index in [4.69, 9.17) is 16.3 Å². The zero-order valence-corrected chi connectivity index (χ0v) is 18.0. The van der Waals surface area contributed by atoms with E-state index in [1.165, 1.54) is 6.08 Å². The number of nitrogens with one attached hydrogen (secondary N) is 2. The summed E-state index contributed by atoms with van der Waals surface area (Å²) >= 11 is 6.07. The Morgan fingerprint density at radius 2 is 1.78 bits per heavy atom. The lowest BCUT2D eigenvalue weighted by Crippen LogP contribution is -2.20. The van der Waals surface area contributed by atoms with Gasteiger partial charge in [0.15, 0.2) is 6.61 Å². The number of amides is 2. The van der Waals surface area contributed by atoms with Crippen LogP contribution in [0.4, 0.5) is 11.4 Å². The van der Waals surface area contributed by atoms with Gasteiger partial charge in [0.25, 0.3) is 11.8 Å². The van der Waals surface area contributed by atoms with Crippen molar-refractivity contribution in [2.45, 2.75) is 6.92 Å². The third-order valence-electron chi connectivity index (χ3n) is 4.39. The summed E-state index contributed by atoms with van der Waals surface area (Å²) in [5, 5.41) is 15.3. The molecule has 6 nitrogen and oxygen atoms in total. The fraction of sp³-hybridized carbons (Fsp3) is 0.0800. The van der Waals surface area contributed by atoms with Gasteiger partial charge in [-0.05, 0) is 60.5 Å². The summed E-state index contributed by atoms with van der Waals surface area (Å²) in [6.07, 6.45) is 1.46. The second-order valence-corrected chi connectivity index (χ2v) is 7.27. The molecule has 0 aliphatic carbocycles. The predicted octanol–water partition coefficient (Wildman–Crippen LogP) is 5.21. The van der Waals surface area contributed by atoms with Gasteiger partial charge in [0.1, 0.15) is 17.4 Å². The van der Waals surface area contributed by atoms with Crippen LogP contribution in [-0.4, -0.2) is 18.4 Å². The largest absolute Gasteiger partial charge is 0.484 e. The second-order valence-electron chi connectivity index (χ2n) is 6.86. The third-order valence-corrected chi connectivity index (χ3v) is 4.80. The molecular formula is C25H20ClN3O3. The minimum Gasteiger partial charge on any atom is -0.484 e. The Hall–Kier alpha value is -4.08. The number of carbonyl (C=O) groups excluding carboxylic acids is 2.